The van der Waals surface area contributed by atoms with Crippen LogP contribution in [0.2, 0.25) is 0 Å². The highest BCUT2D eigenvalue weighted by atomic mass is 16.1. The van der Waals surface area contributed by atoms with Crippen LogP contribution in [-0.4, -0.2) is 9.78 Å². The van der Waals surface area contributed by atoms with Crippen molar-refractivity contribution in [2.45, 2.75) is 33.1 Å². The quantitative estimate of drug-likeness (QED) is 0.861. The van der Waals surface area contributed by atoms with E-state index in [-0.39, 0.29) is 5.56 Å². The highest BCUT2D eigenvalue weighted by molar-refractivity contribution is 5.39. The van der Waals surface area contributed by atoms with Gasteiger partial charge >= 0.3 is 0 Å². The maximum atomic E-state index is 11.8. The molecule has 0 fully saturated rings. The Bertz CT molecular complexity index is 551. The van der Waals surface area contributed by atoms with Crippen molar-refractivity contribution < 1.29 is 0 Å². The van der Waals surface area contributed by atoms with Crippen LogP contribution in [0, 0.1) is 6.92 Å². The normalized spacial score (nSPS) is 10.7. The van der Waals surface area contributed by atoms with Crippen molar-refractivity contribution in [2.75, 3.05) is 0 Å². The van der Waals surface area contributed by atoms with Gasteiger partial charge < -0.3 is 0 Å². The summed E-state index contributed by atoms with van der Waals surface area (Å²) in [6.45, 7) is 4.17. The average molecular weight is 230 g/mol. The molecule has 3 heteroatoms. The summed E-state index contributed by atoms with van der Waals surface area (Å²) in [6.07, 6.45) is 4.93. The summed E-state index contributed by atoms with van der Waals surface area (Å²) in [5.41, 5.74) is 3.09. The number of hydrogen-bond acceptors (Lipinski definition) is 1. The molecule has 0 saturated heterocycles. The topological polar surface area (TPSA) is 37.8 Å². The minimum atomic E-state index is 0.0294. The van der Waals surface area contributed by atoms with Crippen LogP contribution in [-0.2, 0) is 6.42 Å². The SMILES string of the molecule is CCCCc1cn(-c2ccccc2C)[nH]c1=O. The van der Waals surface area contributed by atoms with E-state index in [0.717, 1.165) is 36.1 Å². The van der Waals surface area contributed by atoms with Crippen molar-refractivity contribution in [2.24, 2.45) is 0 Å². The predicted octanol–water partition coefficient (Wildman–Crippen LogP) is 2.82. The lowest BCUT2D eigenvalue weighted by Gasteiger charge is -2.05. The molecule has 17 heavy (non-hydrogen) atoms. The van der Waals surface area contributed by atoms with Crippen LogP contribution in [0.25, 0.3) is 5.69 Å². The van der Waals surface area contributed by atoms with Crippen molar-refractivity contribution in [3.63, 3.8) is 0 Å². The number of unbranched alkanes of at least 4 members (excludes halogenated alkanes) is 1. The van der Waals surface area contributed by atoms with E-state index >= 15 is 0 Å². The molecular weight excluding hydrogens is 212 g/mol. The monoisotopic (exact) mass is 230 g/mol. The molecular formula is C14H18N2O. The molecule has 0 atom stereocenters. The maximum absolute atomic E-state index is 11.8. The molecule has 1 heterocycles. The van der Waals surface area contributed by atoms with Crippen LogP contribution in [0.5, 0.6) is 0 Å². The maximum Gasteiger partial charge on any atom is 0.267 e. The first kappa shape index (κ1) is 11.7. The number of aromatic nitrogens is 2. The molecule has 1 aromatic carbocycles. The smallest absolute Gasteiger partial charge is 0.267 e. The van der Waals surface area contributed by atoms with E-state index in [1.807, 2.05) is 42.1 Å². The Labute approximate surface area is 101 Å². The number of aromatic amines is 1. The minimum Gasteiger partial charge on any atom is -0.268 e. The van der Waals surface area contributed by atoms with Crippen LogP contribution in [0.3, 0.4) is 0 Å². The summed E-state index contributed by atoms with van der Waals surface area (Å²) in [4.78, 5) is 11.8. The van der Waals surface area contributed by atoms with Crippen molar-refractivity contribution in [3.05, 3.63) is 51.9 Å². The van der Waals surface area contributed by atoms with Gasteiger partial charge in [0.05, 0.1) is 5.69 Å². The molecule has 2 aromatic rings. The lowest BCUT2D eigenvalue weighted by molar-refractivity contribution is 0.791. The molecule has 0 spiro atoms. The fourth-order valence-corrected chi connectivity index (χ4v) is 1.94. The summed E-state index contributed by atoms with van der Waals surface area (Å²) in [7, 11) is 0. The van der Waals surface area contributed by atoms with Gasteiger partial charge in [0.1, 0.15) is 0 Å². The predicted molar refractivity (Wildman–Crippen MR) is 69.7 cm³/mol. The standard InChI is InChI=1S/C14H18N2O/c1-3-4-8-12-10-16(15-14(12)17)13-9-6-5-7-11(13)2/h5-7,9-10H,3-4,8H2,1-2H3,(H,15,17). The molecule has 0 saturated carbocycles. The lowest BCUT2D eigenvalue weighted by atomic mass is 10.1. The zero-order valence-electron chi connectivity index (χ0n) is 10.4. The molecule has 1 N–H and O–H groups in total. The Balaban J connectivity index is 2.35. The molecule has 0 aliphatic rings. The third-order valence-electron chi connectivity index (χ3n) is 2.97. The Morgan fingerprint density at radius 1 is 1.29 bits per heavy atom. The van der Waals surface area contributed by atoms with Crippen LogP contribution in [0.15, 0.2) is 35.3 Å². The fourth-order valence-electron chi connectivity index (χ4n) is 1.94. The van der Waals surface area contributed by atoms with E-state index in [9.17, 15) is 4.79 Å². The molecule has 90 valence electrons. The van der Waals surface area contributed by atoms with Gasteiger partial charge in [-0.25, -0.2) is 0 Å². The van der Waals surface area contributed by atoms with E-state index in [1.54, 1.807) is 0 Å². The summed E-state index contributed by atoms with van der Waals surface area (Å²) in [5.74, 6) is 0. The molecule has 0 aliphatic carbocycles. The summed E-state index contributed by atoms with van der Waals surface area (Å²) >= 11 is 0. The minimum absolute atomic E-state index is 0.0294. The summed E-state index contributed by atoms with van der Waals surface area (Å²) in [5, 5.41) is 2.87. The molecule has 1 aromatic heterocycles. The second-order valence-corrected chi connectivity index (χ2v) is 4.36. The van der Waals surface area contributed by atoms with Crippen molar-refractivity contribution in [1.82, 2.24) is 9.78 Å². The highest BCUT2D eigenvalue weighted by Crippen LogP contribution is 2.12. The first-order valence-electron chi connectivity index (χ1n) is 6.09. The van der Waals surface area contributed by atoms with Gasteiger partial charge in [-0.15, -0.1) is 0 Å². The Morgan fingerprint density at radius 3 is 2.76 bits per heavy atom. The molecule has 0 aliphatic heterocycles. The fraction of sp³-hybridized carbons (Fsp3) is 0.357. The van der Waals surface area contributed by atoms with Gasteiger partial charge in [-0.1, -0.05) is 31.5 Å². The zero-order chi connectivity index (χ0) is 12.3. The number of nitrogens with one attached hydrogen (secondary N) is 1. The van der Waals surface area contributed by atoms with Crippen LogP contribution >= 0.6 is 0 Å². The number of nitrogens with zero attached hydrogens (tertiary/aromatic N) is 1. The molecule has 0 amide bonds. The number of para-hydroxylation sites is 1. The molecule has 2 rings (SSSR count). The third-order valence-corrected chi connectivity index (χ3v) is 2.97. The molecule has 0 bridgehead atoms. The van der Waals surface area contributed by atoms with E-state index in [2.05, 4.69) is 12.0 Å². The van der Waals surface area contributed by atoms with Crippen LogP contribution in [0.4, 0.5) is 0 Å². The zero-order valence-corrected chi connectivity index (χ0v) is 10.4. The van der Waals surface area contributed by atoms with Gasteiger partial charge in [-0.3, -0.25) is 14.6 Å². The van der Waals surface area contributed by atoms with E-state index in [4.69, 9.17) is 0 Å². The van der Waals surface area contributed by atoms with Gasteiger partial charge in [0.2, 0.25) is 0 Å². The van der Waals surface area contributed by atoms with Gasteiger partial charge in [0.15, 0.2) is 0 Å². The average Bonchev–Trinajstić information content (AvgIpc) is 2.68. The van der Waals surface area contributed by atoms with E-state index in [0.29, 0.717) is 0 Å². The number of H-pyrrole nitrogens is 1. The lowest BCUT2D eigenvalue weighted by Crippen LogP contribution is -2.07. The van der Waals surface area contributed by atoms with Crippen molar-refractivity contribution >= 4 is 0 Å². The number of hydrogen-bond donors (Lipinski definition) is 1. The van der Waals surface area contributed by atoms with Gasteiger partial charge in [0.25, 0.3) is 5.56 Å². The van der Waals surface area contributed by atoms with Crippen molar-refractivity contribution in [1.29, 1.82) is 0 Å². The number of rotatable bonds is 4. The second-order valence-electron chi connectivity index (χ2n) is 4.36. The molecule has 0 radical (unpaired) electrons. The van der Waals surface area contributed by atoms with Gasteiger partial charge in [-0.05, 0) is 31.4 Å². The summed E-state index contributed by atoms with van der Waals surface area (Å²) in [6, 6.07) is 8.03. The van der Waals surface area contributed by atoms with Gasteiger partial charge in [-0.2, -0.15) is 0 Å². The van der Waals surface area contributed by atoms with E-state index in [1.165, 1.54) is 0 Å². The Hall–Kier alpha value is -1.77. The first-order valence-corrected chi connectivity index (χ1v) is 6.09. The first-order chi connectivity index (χ1) is 8.22. The second kappa shape index (κ2) is 5.04. The molecule has 0 unspecified atom stereocenters. The van der Waals surface area contributed by atoms with Crippen molar-refractivity contribution in [3.8, 4) is 5.69 Å². The number of aryl methyl sites for hydroxylation is 2. The molecule has 3 nitrogen and oxygen atoms in total. The Morgan fingerprint density at radius 2 is 2.06 bits per heavy atom. The van der Waals surface area contributed by atoms with E-state index < -0.39 is 0 Å². The largest absolute Gasteiger partial charge is 0.268 e. The third kappa shape index (κ3) is 2.49. The summed E-state index contributed by atoms with van der Waals surface area (Å²) < 4.78 is 1.82. The van der Waals surface area contributed by atoms with Crippen LogP contribution < -0.4 is 5.56 Å². The Kier molecular flexibility index (Phi) is 3.47. The van der Waals surface area contributed by atoms with Crippen LogP contribution in [0.1, 0.15) is 30.9 Å². The van der Waals surface area contributed by atoms with Gasteiger partial charge in [0, 0.05) is 11.8 Å². The number of benzene rings is 1. The highest BCUT2D eigenvalue weighted by Gasteiger charge is 2.06.